The van der Waals surface area contributed by atoms with Crippen molar-refractivity contribution in [2.45, 2.75) is 11.8 Å². The van der Waals surface area contributed by atoms with Crippen LogP contribution >= 0.6 is 22.9 Å². The Hall–Kier alpha value is -2.69. The third kappa shape index (κ3) is 4.58. The zero-order valence-electron chi connectivity index (χ0n) is 14.8. The van der Waals surface area contributed by atoms with E-state index in [4.69, 9.17) is 16.3 Å². The lowest BCUT2D eigenvalue weighted by Gasteiger charge is -2.11. The van der Waals surface area contributed by atoms with Gasteiger partial charge in [0, 0.05) is 17.5 Å². The van der Waals surface area contributed by atoms with E-state index in [2.05, 4.69) is 20.2 Å². The molecule has 0 bridgehead atoms. The zero-order chi connectivity index (χ0) is 20.3. The molecular weight excluding hydrogens is 424 g/mol. The normalized spacial score (nSPS) is 11.1. The predicted molar refractivity (Wildman–Crippen MR) is 108 cm³/mol. The highest BCUT2D eigenvalue weighted by atomic mass is 35.5. The van der Waals surface area contributed by atoms with Gasteiger partial charge >= 0.3 is 0 Å². The molecule has 0 atom stereocenters. The lowest BCUT2D eigenvalue weighted by Crippen LogP contribution is -2.14. The fourth-order valence-electron chi connectivity index (χ4n) is 2.29. The molecule has 3 rings (SSSR count). The molecule has 0 unspecified atom stereocenters. The van der Waals surface area contributed by atoms with Crippen LogP contribution in [-0.2, 0) is 14.8 Å². The Morgan fingerprint density at radius 2 is 1.86 bits per heavy atom. The molecule has 11 heteroatoms. The molecule has 0 aliphatic carbocycles. The maximum absolute atomic E-state index is 12.7. The number of rotatable bonds is 6. The Morgan fingerprint density at radius 1 is 1.14 bits per heavy atom. The van der Waals surface area contributed by atoms with E-state index in [-0.39, 0.29) is 21.6 Å². The van der Waals surface area contributed by atoms with Gasteiger partial charge in [-0.15, -0.1) is 10.2 Å². The van der Waals surface area contributed by atoms with E-state index < -0.39 is 10.0 Å². The van der Waals surface area contributed by atoms with Gasteiger partial charge in [0.1, 0.15) is 10.8 Å². The summed E-state index contributed by atoms with van der Waals surface area (Å²) in [7, 11) is -2.52. The highest BCUT2D eigenvalue weighted by molar-refractivity contribution is 7.93. The average molecular weight is 439 g/mol. The molecule has 28 heavy (non-hydrogen) atoms. The third-order valence-electron chi connectivity index (χ3n) is 3.53. The largest absolute Gasteiger partial charge is 0.495 e. The van der Waals surface area contributed by atoms with Crippen molar-refractivity contribution in [1.82, 2.24) is 10.2 Å². The van der Waals surface area contributed by atoms with Crippen molar-refractivity contribution in [2.24, 2.45) is 0 Å². The summed E-state index contributed by atoms with van der Waals surface area (Å²) < 4.78 is 32.9. The molecule has 3 aromatic rings. The number of nitrogens with zero attached hydrogens (tertiary/aromatic N) is 2. The molecule has 0 radical (unpaired) electrons. The van der Waals surface area contributed by atoms with Gasteiger partial charge in [0.25, 0.3) is 10.0 Å². The number of sulfonamides is 1. The standard InChI is InChI=1S/C17H15ClN4O4S2/c1-10(23)19-14-9-13(7-8-15(14)26-2)28(24,25)22-17-21-20-16(27-17)11-3-5-12(18)6-4-11/h3-9H,1-2H3,(H,19,23)(H,21,22). The maximum atomic E-state index is 12.7. The van der Waals surface area contributed by atoms with Gasteiger partial charge in [-0.1, -0.05) is 35.1 Å². The summed E-state index contributed by atoms with van der Waals surface area (Å²) in [4.78, 5) is 11.3. The van der Waals surface area contributed by atoms with Gasteiger partial charge in [0.2, 0.25) is 11.0 Å². The number of hydrogen-bond donors (Lipinski definition) is 2. The van der Waals surface area contributed by atoms with Gasteiger partial charge in [-0.2, -0.15) is 0 Å². The maximum Gasteiger partial charge on any atom is 0.263 e. The second kappa shape index (κ2) is 8.13. The molecule has 1 amide bonds. The van der Waals surface area contributed by atoms with E-state index in [0.29, 0.717) is 15.8 Å². The van der Waals surface area contributed by atoms with E-state index in [0.717, 1.165) is 16.9 Å². The first-order valence-corrected chi connectivity index (χ1v) is 10.5. The molecule has 0 saturated heterocycles. The first-order chi connectivity index (χ1) is 13.3. The van der Waals surface area contributed by atoms with Crippen LogP contribution in [0.15, 0.2) is 47.4 Å². The number of ether oxygens (including phenoxy) is 1. The predicted octanol–water partition coefficient (Wildman–Crippen LogP) is 3.63. The molecule has 8 nitrogen and oxygen atoms in total. The topological polar surface area (TPSA) is 110 Å². The summed E-state index contributed by atoms with van der Waals surface area (Å²) in [5.41, 5.74) is 1.02. The lowest BCUT2D eigenvalue weighted by molar-refractivity contribution is -0.114. The molecule has 2 N–H and O–H groups in total. The molecule has 0 fully saturated rings. The van der Waals surface area contributed by atoms with E-state index >= 15 is 0 Å². The van der Waals surface area contributed by atoms with Crippen molar-refractivity contribution in [3.05, 3.63) is 47.5 Å². The molecule has 2 aromatic carbocycles. The third-order valence-corrected chi connectivity index (χ3v) is 6.14. The summed E-state index contributed by atoms with van der Waals surface area (Å²) in [6.07, 6.45) is 0. The number of anilines is 2. The fraction of sp³-hybridized carbons (Fsp3) is 0.118. The minimum absolute atomic E-state index is 0.0553. The quantitative estimate of drug-likeness (QED) is 0.608. The van der Waals surface area contributed by atoms with Crippen molar-refractivity contribution in [1.29, 1.82) is 0 Å². The second-order valence-electron chi connectivity index (χ2n) is 5.57. The van der Waals surface area contributed by atoms with Gasteiger partial charge in [0.05, 0.1) is 17.7 Å². The molecular formula is C17H15ClN4O4S2. The molecule has 0 aliphatic heterocycles. The zero-order valence-corrected chi connectivity index (χ0v) is 17.2. The molecule has 1 heterocycles. The number of carbonyl (C=O) groups excluding carboxylic acids is 1. The lowest BCUT2D eigenvalue weighted by atomic mass is 10.2. The number of halogens is 1. The van der Waals surface area contributed by atoms with Crippen LogP contribution in [0.25, 0.3) is 10.6 Å². The molecule has 146 valence electrons. The SMILES string of the molecule is COc1ccc(S(=O)(=O)Nc2nnc(-c3ccc(Cl)cc3)s2)cc1NC(C)=O. The summed E-state index contributed by atoms with van der Waals surface area (Å²) in [5, 5.41) is 11.7. The van der Waals surface area contributed by atoms with Crippen LogP contribution in [0.3, 0.4) is 0 Å². The van der Waals surface area contributed by atoms with E-state index in [1.807, 2.05) is 0 Å². The van der Waals surface area contributed by atoms with Gasteiger partial charge in [-0.05, 0) is 30.3 Å². The number of hydrogen-bond acceptors (Lipinski definition) is 7. The molecule has 0 aliphatic rings. The summed E-state index contributed by atoms with van der Waals surface area (Å²) in [5.74, 6) is -0.00683. The Bertz CT molecular complexity index is 1110. The van der Waals surface area contributed by atoms with Gasteiger partial charge in [0.15, 0.2) is 0 Å². The highest BCUT2D eigenvalue weighted by Crippen LogP contribution is 2.31. The highest BCUT2D eigenvalue weighted by Gasteiger charge is 2.19. The molecule has 0 spiro atoms. The van der Waals surface area contributed by atoms with Crippen LogP contribution in [0.5, 0.6) is 5.75 Å². The van der Waals surface area contributed by atoms with Crippen LogP contribution in [0.2, 0.25) is 5.02 Å². The second-order valence-corrected chi connectivity index (χ2v) is 8.66. The van der Waals surface area contributed by atoms with Crippen LogP contribution in [0.1, 0.15) is 6.92 Å². The number of aromatic nitrogens is 2. The van der Waals surface area contributed by atoms with Gasteiger partial charge in [-0.3, -0.25) is 9.52 Å². The van der Waals surface area contributed by atoms with Crippen molar-refractivity contribution in [2.75, 3.05) is 17.1 Å². The minimum atomic E-state index is -3.94. The fourth-order valence-corrected chi connectivity index (χ4v) is 4.42. The Kier molecular flexibility index (Phi) is 5.82. The van der Waals surface area contributed by atoms with E-state index in [1.165, 1.54) is 32.2 Å². The van der Waals surface area contributed by atoms with Crippen LogP contribution < -0.4 is 14.8 Å². The minimum Gasteiger partial charge on any atom is -0.495 e. The number of carbonyl (C=O) groups is 1. The molecule has 1 aromatic heterocycles. The molecule has 0 saturated carbocycles. The van der Waals surface area contributed by atoms with E-state index in [1.54, 1.807) is 24.3 Å². The van der Waals surface area contributed by atoms with Crippen LogP contribution in [0, 0.1) is 0 Å². The van der Waals surface area contributed by atoms with Gasteiger partial charge in [-0.25, -0.2) is 8.42 Å². The number of amides is 1. The number of benzene rings is 2. The average Bonchev–Trinajstić information content (AvgIpc) is 3.09. The van der Waals surface area contributed by atoms with Crippen LogP contribution in [-0.4, -0.2) is 31.6 Å². The van der Waals surface area contributed by atoms with Crippen molar-refractivity contribution in [3.63, 3.8) is 0 Å². The first-order valence-electron chi connectivity index (χ1n) is 7.86. The summed E-state index contributed by atoms with van der Waals surface area (Å²) in [6, 6.07) is 11.1. The summed E-state index contributed by atoms with van der Waals surface area (Å²) in [6.45, 7) is 1.32. The van der Waals surface area contributed by atoms with E-state index in [9.17, 15) is 13.2 Å². The van der Waals surface area contributed by atoms with Gasteiger partial charge < -0.3 is 10.1 Å². The Balaban J connectivity index is 1.86. The first kappa shape index (κ1) is 20.1. The number of nitrogens with one attached hydrogen (secondary N) is 2. The number of methoxy groups -OCH3 is 1. The Morgan fingerprint density at radius 3 is 2.50 bits per heavy atom. The van der Waals surface area contributed by atoms with Crippen molar-refractivity contribution in [3.8, 4) is 16.3 Å². The smallest absolute Gasteiger partial charge is 0.263 e. The van der Waals surface area contributed by atoms with Crippen LogP contribution in [0.4, 0.5) is 10.8 Å². The van der Waals surface area contributed by atoms with Crippen molar-refractivity contribution < 1.29 is 17.9 Å². The monoisotopic (exact) mass is 438 g/mol. The Labute approximate surface area is 170 Å². The summed E-state index contributed by atoms with van der Waals surface area (Å²) >= 11 is 6.95. The van der Waals surface area contributed by atoms with Crippen molar-refractivity contribution >= 4 is 49.7 Å².